The zero-order valence-corrected chi connectivity index (χ0v) is 13.1. The molecule has 1 aliphatic heterocycles. The molecule has 2 atom stereocenters. The van der Waals surface area contributed by atoms with Gasteiger partial charge in [0.05, 0.1) is 31.1 Å². The topological polar surface area (TPSA) is 72.9 Å². The number of carbonyl (C=O) groups excluding carboxylic acids is 1. The highest BCUT2D eigenvalue weighted by Crippen LogP contribution is 2.17. The summed E-state index contributed by atoms with van der Waals surface area (Å²) in [7, 11) is 1.54. The molecule has 0 spiro atoms. The highest BCUT2D eigenvalue weighted by molar-refractivity contribution is 8.13. The lowest BCUT2D eigenvalue weighted by molar-refractivity contribution is -0.0710. The molecule has 0 aromatic heterocycles. The molecule has 19 heavy (non-hydrogen) atoms. The van der Waals surface area contributed by atoms with E-state index in [1.165, 1.54) is 4.90 Å². The molecule has 8 heteroatoms. The summed E-state index contributed by atoms with van der Waals surface area (Å²) in [5.41, 5.74) is -0.591. The minimum absolute atomic E-state index is 0.158. The van der Waals surface area contributed by atoms with Crippen LogP contribution in [-0.2, 0) is 18.5 Å². The summed E-state index contributed by atoms with van der Waals surface area (Å²) < 4.78 is 32.8. The standard InChI is InChI=1S/C11H20ClNO5S/c1-8-5-13(10(14)18-11(2,3)4)6-9(17-8)7-19(12,15)16/h8-9H,5-7H2,1-4H3. The minimum Gasteiger partial charge on any atom is -0.444 e. The molecular weight excluding hydrogens is 294 g/mol. The molecule has 1 heterocycles. The summed E-state index contributed by atoms with van der Waals surface area (Å²) in [6.07, 6.45) is -1.36. The van der Waals surface area contributed by atoms with E-state index in [0.29, 0.717) is 6.54 Å². The number of hydrogen-bond donors (Lipinski definition) is 0. The number of morpholine rings is 1. The van der Waals surface area contributed by atoms with E-state index < -0.39 is 26.8 Å². The molecule has 1 saturated heterocycles. The molecule has 0 radical (unpaired) electrons. The van der Waals surface area contributed by atoms with Crippen molar-refractivity contribution in [1.82, 2.24) is 4.90 Å². The summed E-state index contributed by atoms with van der Waals surface area (Å²) in [6.45, 7) is 7.61. The number of hydrogen-bond acceptors (Lipinski definition) is 5. The molecule has 0 aromatic rings. The van der Waals surface area contributed by atoms with Gasteiger partial charge in [-0.3, -0.25) is 0 Å². The van der Waals surface area contributed by atoms with Crippen molar-refractivity contribution < 1.29 is 22.7 Å². The van der Waals surface area contributed by atoms with Gasteiger partial charge in [0, 0.05) is 10.7 Å². The van der Waals surface area contributed by atoms with Gasteiger partial charge < -0.3 is 14.4 Å². The lowest BCUT2D eigenvalue weighted by Crippen LogP contribution is -2.52. The maximum atomic E-state index is 11.9. The van der Waals surface area contributed by atoms with Crippen LogP contribution in [0, 0.1) is 0 Å². The van der Waals surface area contributed by atoms with Crippen LogP contribution in [0.5, 0.6) is 0 Å². The van der Waals surface area contributed by atoms with Gasteiger partial charge in [0.15, 0.2) is 0 Å². The van der Waals surface area contributed by atoms with Gasteiger partial charge in [0.25, 0.3) is 0 Å². The minimum atomic E-state index is -3.66. The summed E-state index contributed by atoms with van der Waals surface area (Å²) in [5.74, 6) is -0.321. The Hall–Kier alpha value is -0.530. The van der Waals surface area contributed by atoms with Gasteiger partial charge in [0.2, 0.25) is 9.05 Å². The third kappa shape index (κ3) is 6.44. The average molecular weight is 314 g/mol. The Kier molecular flexibility index (Phi) is 5.08. The fourth-order valence-corrected chi connectivity index (χ4v) is 2.88. The number of rotatable bonds is 2. The molecule has 0 bridgehead atoms. The summed E-state index contributed by atoms with van der Waals surface area (Å²) in [4.78, 5) is 13.4. The van der Waals surface area contributed by atoms with Gasteiger partial charge in [-0.15, -0.1) is 0 Å². The second-order valence-electron chi connectivity index (χ2n) is 5.66. The van der Waals surface area contributed by atoms with Gasteiger partial charge in [-0.25, -0.2) is 13.2 Å². The van der Waals surface area contributed by atoms with Crippen LogP contribution in [0.3, 0.4) is 0 Å². The monoisotopic (exact) mass is 313 g/mol. The molecule has 0 aromatic carbocycles. The molecule has 0 saturated carbocycles. The van der Waals surface area contributed by atoms with Crippen molar-refractivity contribution in [3.63, 3.8) is 0 Å². The van der Waals surface area contributed by atoms with Crippen LogP contribution in [0.25, 0.3) is 0 Å². The third-order valence-electron chi connectivity index (χ3n) is 2.36. The Bertz CT molecular complexity index is 431. The number of amides is 1. The SMILES string of the molecule is CC1CN(C(=O)OC(C)(C)C)CC(CS(=O)(=O)Cl)O1. The molecule has 1 amide bonds. The number of carbonyl (C=O) groups is 1. The Morgan fingerprint density at radius 3 is 2.47 bits per heavy atom. The molecule has 1 aliphatic rings. The van der Waals surface area contributed by atoms with Gasteiger partial charge in [-0.05, 0) is 27.7 Å². The summed E-state index contributed by atoms with van der Waals surface area (Å²) in [5, 5.41) is 0. The Labute approximate surface area is 118 Å². The fraction of sp³-hybridized carbons (Fsp3) is 0.909. The van der Waals surface area contributed by atoms with Crippen LogP contribution in [0.15, 0.2) is 0 Å². The first-order valence-electron chi connectivity index (χ1n) is 6.02. The fourth-order valence-electron chi connectivity index (χ4n) is 1.83. The second kappa shape index (κ2) is 5.85. The van der Waals surface area contributed by atoms with Crippen molar-refractivity contribution in [2.45, 2.75) is 45.5 Å². The van der Waals surface area contributed by atoms with Crippen molar-refractivity contribution in [1.29, 1.82) is 0 Å². The lowest BCUT2D eigenvalue weighted by atomic mass is 10.2. The van der Waals surface area contributed by atoms with Gasteiger partial charge in [0.1, 0.15) is 5.60 Å². The molecule has 112 valence electrons. The zero-order chi connectivity index (χ0) is 14.8. The maximum Gasteiger partial charge on any atom is 0.410 e. The molecule has 0 N–H and O–H groups in total. The highest BCUT2D eigenvalue weighted by Gasteiger charge is 2.33. The predicted octanol–water partition coefficient (Wildman–Crippen LogP) is 1.58. The van der Waals surface area contributed by atoms with E-state index in [-0.39, 0.29) is 18.4 Å². The molecular formula is C11H20ClNO5S. The van der Waals surface area contributed by atoms with E-state index in [1.807, 2.05) is 0 Å². The van der Waals surface area contributed by atoms with Crippen molar-refractivity contribution >= 4 is 25.8 Å². The first-order chi connectivity index (χ1) is 8.46. The first-order valence-corrected chi connectivity index (χ1v) is 8.50. The van der Waals surface area contributed by atoms with Crippen LogP contribution in [0.1, 0.15) is 27.7 Å². The summed E-state index contributed by atoms with van der Waals surface area (Å²) >= 11 is 0. The Balaban J connectivity index is 2.67. The first kappa shape index (κ1) is 16.5. The average Bonchev–Trinajstić information content (AvgIpc) is 2.10. The van der Waals surface area contributed by atoms with Crippen LogP contribution in [0.2, 0.25) is 0 Å². The Morgan fingerprint density at radius 2 is 2.00 bits per heavy atom. The number of halogens is 1. The molecule has 1 fully saturated rings. The Morgan fingerprint density at radius 1 is 1.42 bits per heavy atom. The zero-order valence-electron chi connectivity index (χ0n) is 11.6. The van der Waals surface area contributed by atoms with Crippen molar-refractivity contribution in [2.75, 3.05) is 18.8 Å². The van der Waals surface area contributed by atoms with Crippen LogP contribution < -0.4 is 0 Å². The maximum absolute atomic E-state index is 11.9. The predicted molar refractivity (Wildman–Crippen MR) is 71.8 cm³/mol. The van der Waals surface area contributed by atoms with E-state index in [2.05, 4.69) is 0 Å². The van der Waals surface area contributed by atoms with Gasteiger partial charge in [-0.2, -0.15) is 0 Å². The lowest BCUT2D eigenvalue weighted by Gasteiger charge is -2.37. The van der Waals surface area contributed by atoms with Crippen LogP contribution in [-0.4, -0.2) is 56.1 Å². The second-order valence-corrected chi connectivity index (χ2v) is 8.48. The third-order valence-corrected chi connectivity index (χ3v) is 3.51. The van der Waals surface area contributed by atoms with Crippen LogP contribution in [0.4, 0.5) is 4.79 Å². The van der Waals surface area contributed by atoms with Crippen molar-refractivity contribution in [3.05, 3.63) is 0 Å². The normalized spacial score (nSPS) is 25.2. The van der Waals surface area contributed by atoms with Crippen molar-refractivity contribution in [3.8, 4) is 0 Å². The van der Waals surface area contributed by atoms with E-state index in [0.717, 1.165) is 0 Å². The number of nitrogens with zero attached hydrogens (tertiary/aromatic N) is 1. The van der Waals surface area contributed by atoms with E-state index in [9.17, 15) is 13.2 Å². The van der Waals surface area contributed by atoms with Gasteiger partial charge >= 0.3 is 6.09 Å². The highest BCUT2D eigenvalue weighted by atomic mass is 35.7. The smallest absolute Gasteiger partial charge is 0.410 e. The van der Waals surface area contributed by atoms with Gasteiger partial charge in [-0.1, -0.05) is 0 Å². The van der Waals surface area contributed by atoms with Crippen LogP contribution >= 0.6 is 10.7 Å². The summed E-state index contributed by atoms with van der Waals surface area (Å²) in [6, 6.07) is 0. The quantitative estimate of drug-likeness (QED) is 0.724. The molecule has 0 aliphatic carbocycles. The van der Waals surface area contributed by atoms with Crippen molar-refractivity contribution in [2.24, 2.45) is 0 Å². The molecule has 2 unspecified atom stereocenters. The van der Waals surface area contributed by atoms with E-state index >= 15 is 0 Å². The molecule has 1 rings (SSSR count). The number of ether oxygens (including phenoxy) is 2. The van der Waals surface area contributed by atoms with E-state index in [1.54, 1.807) is 27.7 Å². The van der Waals surface area contributed by atoms with E-state index in [4.69, 9.17) is 20.2 Å². The molecule has 6 nitrogen and oxygen atoms in total. The largest absolute Gasteiger partial charge is 0.444 e.